The van der Waals surface area contributed by atoms with Gasteiger partial charge in [-0.25, -0.2) is 4.98 Å². The summed E-state index contributed by atoms with van der Waals surface area (Å²) in [5.74, 6) is 0.849. The maximum Gasteiger partial charge on any atom is 0.194 e. The van der Waals surface area contributed by atoms with Gasteiger partial charge in [0, 0.05) is 30.0 Å². The molecule has 1 N–H and O–H groups in total. The molecule has 116 valence electrons. The zero-order valence-corrected chi connectivity index (χ0v) is 16.8. The third-order valence-electron chi connectivity index (χ3n) is 2.66. The minimum Gasteiger partial charge on any atom is -0.350 e. The van der Waals surface area contributed by atoms with E-state index in [-0.39, 0.29) is 24.0 Å². The van der Waals surface area contributed by atoms with Gasteiger partial charge in [-0.15, -0.1) is 46.7 Å². The Morgan fingerprint density at radius 3 is 2.71 bits per heavy atom. The number of hydrogen-bond donors (Lipinski definition) is 1. The lowest BCUT2D eigenvalue weighted by atomic mass is 10.4. The molecule has 2 rings (SSSR count). The summed E-state index contributed by atoms with van der Waals surface area (Å²) in [5.41, 5.74) is 0. The normalized spacial score (nSPS) is 11.1. The summed E-state index contributed by atoms with van der Waals surface area (Å²) in [5, 5.41) is 4.39. The molecular formula is C13H18ClIN4S2. The molecule has 2 heterocycles. The Hall–Kier alpha value is -0.380. The van der Waals surface area contributed by atoms with Gasteiger partial charge >= 0.3 is 0 Å². The third kappa shape index (κ3) is 5.72. The van der Waals surface area contributed by atoms with Crippen molar-refractivity contribution >= 4 is 64.2 Å². The first-order chi connectivity index (χ1) is 9.58. The van der Waals surface area contributed by atoms with Crippen molar-refractivity contribution < 1.29 is 0 Å². The van der Waals surface area contributed by atoms with Gasteiger partial charge in [0.05, 0.1) is 17.4 Å². The molecule has 0 radical (unpaired) electrons. The SMILES string of the molecule is CN=C(NCc1ncc(C)s1)N(C)Cc1ccc(Cl)s1.I. The van der Waals surface area contributed by atoms with Crippen molar-refractivity contribution in [1.82, 2.24) is 15.2 Å². The predicted molar refractivity (Wildman–Crippen MR) is 103 cm³/mol. The first-order valence-corrected chi connectivity index (χ1v) is 8.17. The van der Waals surface area contributed by atoms with Crippen molar-refractivity contribution in [2.45, 2.75) is 20.0 Å². The Balaban J connectivity index is 0.00000220. The summed E-state index contributed by atoms with van der Waals surface area (Å²) >= 11 is 9.24. The number of aliphatic imine (C=N–C) groups is 1. The predicted octanol–water partition coefficient (Wildman–Crippen LogP) is 3.99. The standard InChI is InChI=1S/C13H17ClN4S2.HI/c1-9-6-16-12(19-9)7-17-13(15-2)18(3)8-10-4-5-11(14)20-10;/h4-6H,7-8H2,1-3H3,(H,15,17);1H. The van der Waals surface area contributed by atoms with Crippen molar-refractivity contribution in [2.24, 2.45) is 4.99 Å². The van der Waals surface area contributed by atoms with Crippen molar-refractivity contribution in [2.75, 3.05) is 14.1 Å². The van der Waals surface area contributed by atoms with E-state index in [4.69, 9.17) is 11.6 Å². The van der Waals surface area contributed by atoms with E-state index < -0.39 is 0 Å². The molecule has 4 nitrogen and oxygen atoms in total. The first-order valence-electron chi connectivity index (χ1n) is 6.16. The summed E-state index contributed by atoms with van der Waals surface area (Å²) < 4.78 is 0.814. The molecule has 0 saturated heterocycles. The van der Waals surface area contributed by atoms with E-state index in [2.05, 4.69) is 27.1 Å². The maximum atomic E-state index is 5.95. The second kappa shape index (κ2) is 8.92. The van der Waals surface area contributed by atoms with E-state index in [0.29, 0.717) is 6.54 Å². The molecule has 8 heteroatoms. The fourth-order valence-electron chi connectivity index (χ4n) is 1.77. The van der Waals surface area contributed by atoms with Crippen LogP contribution in [0.25, 0.3) is 0 Å². The van der Waals surface area contributed by atoms with Crippen LogP contribution in [0.15, 0.2) is 23.3 Å². The zero-order chi connectivity index (χ0) is 14.5. The van der Waals surface area contributed by atoms with Gasteiger partial charge in [0.2, 0.25) is 0 Å². The van der Waals surface area contributed by atoms with E-state index in [0.717, 1.165) is 21.8 Å². The molecule has 2 aromatic heterocycles. The first kappa shape index (κ1) is 18.7. The van der Waals surface area contributed by atoms with Crippen LogP contribution in [0.5, 0.6) is 0 Å². The third-order valence-corrected chi connectivity index (χ3v) is 4.79. The molecule has 2 aromatic rings. The second-order valence-corrected chi connectivity index (χ2v) is 7.45. The summed E-state index contributed by atoms with van der Waals surface area (Å²) in [6, 6.07) is 3.96. The van der Waals surface area contributed by atoms with Crippen LogP contribution in [0, 0.1) is 6.92 Å². The monoisotopic (exact) mass is 456 g/mol. The minimum atomic E-state index is 0. The molecule has 0 unspecified atom stereocenters. The van der Waals surface area contributed by atoms with Gasteiger partial charge in [-0.3, -0.25) is 4.99 Å². The average Bonchev–Trinajstić information content (AvgIpc) is 2.99. The van der Waals surface area contributed by atoms with E-state index in [9.17, 15) is 0 Å². The Morgan fingerprint density at radius 2 is 2.19 bits per heavy atom. The number of nitrogens with zero attached hydrogens (tertiary/aromatic N) is 3. The lowest BCUT2D eigenvalue weighted by molar-refractivity contribution is 0.481. The number of guanidine groups is 1. The highest BCUT2D eigenvalue weighted by Crippen LogP contribution is 2.22. The van der Waals surface area contributed by atoms with E-state index in [1.54, 1.807) is 29.7 Å². The molecule has 0 amide bonds. The molecule has 0 aromatic carbocycles. The van der Waals surface area contributed by atoms with Crippen molar-refractivity contribution in [3.05, 3.63) is 37.4 Å². The van der Waals surface area contributed by atoms with Crippen LogP contribution < -0.4 is 5.32 Å². The van der Waals surface area contributed by atoms with E-state index in [1.807, 2.05) is 25.4 Å². The molecule has 0 aliphatic carbocycles. The number of hydrogen-bond acceptors (Lipinski definition) is 4. The van der Waals surface area contributed by atoms with Gasteiger partial charge < -0.3 is 10.2 Å². The van der Waals surface area contributed by atoms with Crippen LogP contribution in [-0.2, 0) is 13.1 Å². The van der Waals surface area contributed by atoms with Crippen LogP contribution in [0.3, 0.4) is 0 Å². The lowest BCUT2D eigenvalue weighted by Gasteiger charge is -2.21. The fraction of sp³-hybridized carbons (Fsp3) is 0.385. The molecule has 0 spiro atoms. The second-order valence-electron chi connectivity index (χ2n) is 4.33. The Labute approximate surface area is 155 Å². The number of thiophene rings is 1. The highest BCUT2D eigenvalue weighted by molar-refractivity contribution is 14.0. The summed E-state index contributed by atoms with van der Waals surface area (Å²) in [4.78, 5) is 13.1. The number of aromatic nitrogens is 1. The fourth-order valence-corrected chi connectivity index (χ4v) is 3.64. The molecule has 0 saturated carbocycles. The Morgan fingerprint density at radius 1 is 1.43 bits per heavy atom. The van der Waals surface area contributed by atoms with Crippen LogP contribution in [0.2, 0.25) is 4.34 Å². The number of thiazole rings is 1. The van der Waals surface area contributed by atoms with E-state index >= 15 is 0 Å². The summed E-state index contributed by atoms with van der Waals surface area (Å²) in [6.07, 6.45) is 1.89. The number of halogens is 2. The molecule has 0 aliphatic rings. The number of aryl methyl sites for hydroxylation is 1. The maximum absolute atomic E-state index is 5.95. The van der Waals surface area contributed by atoms with Gasteiger partial charge in [-0.05, 0) is 19.1 Å². The molecule has 0 atom stereocenters. The smallest absolute Gasteiger partial charge is 0.194 e. The summed E-state index contributed by atoms with van der Waals surface area (Å²) in [6.45, 7) is 3.54. The largest absolute Gasteiger partial charge is 0.350 e. The quantitative estimate of drug-likeness (QED) is 0.430. The Kier molecular flexibility index (Phi) is 7.93. The van der Waals surface area contributed by atoms with Crippen molar-refractivity contribution in [3.63, 3.8) is 0 Å². The number of rotatable bonds is 4. The molecule has 21 heavy (non-hydrogen) atoms. The van der Waals surface area contributed by atoms with Gasteiger partial charge in [-0.1, -0.05) is 11.6 Å². The number of nitrogens with one attached hydrogen (secondary N) is 1. The molecule has 0 fully saturated rings. The van der Waals surface area contributed by atoms with Gasteiger partial charge in [-0.2, -0.15) is 0 Å². The van der Waals surface area contributed by atoms with Crippen molar-refractivity contribution in [1.29, 1.82) is 0 Å². The van der Waals surface area contributed by atoms with Crippen LogP contribution in [0.1, 0.15) is 14.8 Å². The van der Waals surface area contributed by atoms with Crippen LogP contribution >= 0.6 is 58.3 Å². The van der Waals surface area contributed by atoms with Crippen LogP contribution in [0.4, 0.5) is 0 Å². The van der Waals surface area contributed by atoms with Crippen molar-refractivity contribution in [3.8, 4) is 0 Å². The Bertz CT molecular complexity index is 597. The van der Waals surface area contributed by atoms with E-state index in [1.165, 1.54) is 9.75 Å². The van der Waals surface area contributed by atoms with Gasteiger partial charge in [0.25, 0.3) is 0 Å². The molecule has 0 aliphatic heterocycles. The molecule has 0 bridgehead atoms. The zero-order valence-electron chi connectivity index (χ0n) is 12.1. The summed E-state index contributed by atoms with van der Waals surface area (Å²) in [7, 11) is 3.80. The van der Waals surface area contributed by atoms with Crippen LogP contribution in [-0.4, -0.2) is 29.9 Å². The lowest BCUT2D eigenvalue weighted by Crippen LogP contribution is -2.37. The highest BCUT2D eigenvalue weighted by Gasteiger charge is 2.09. The van der Waals surface area contributed by atoms with Gasteiger partial charge in [0.1, 0.15) is 5.01 Å². The average molecular weight is 457 g/mol. The molecular weight excluding hydrogens is 439 g/mol. The minimum absolute atomic E-state index is 0. The van der Waals surface area contributed by atoms with Gasteiger partial charge in [0.15, 0.2) is 5.96 Å². The topological polar surface area (TPSA) is 40.5 Å². The highest BCUT2D eigenvalue weighted by atomic mass is 127.